The molecule has 5 nitrogen and oxygen atoms in total. The molecule has 0 saturated carbocycles. The van der Waals surface area contributed by atoms with Gasteiger partial charge in [-0.25, -0.2) is 4.98 Å². The van der Waals surface area contributed by atoms with Crippen LogP contribution in [-0.2, 0) is 6.54 Å². The van der Waals surface area contributed by atoms with Crippen LogP contribution in [0.1, 0.15) is 49.8 Å². The monoisotopic (exact) mass is 288 g/mol. The lowest BCUT2D eigenvalue weighted by Crippen LogP contribution is -2.30. The van der Waals surface area contributed by atoms with E-state index in [4.69, 9.17) is 0 Å². The maximum Gasteiger partial charge on any atom is 0.187 e. The average Bonchev–Trinajstić information content (AvgIpc) is 2.90. The lowest BCUT2D eigenvalue weighted by atomic mass is 10.1. The fraction of sp³-hybridized carbons (Fsp3) is 0.500. The molecule has 2 aromatic heterocycles. The fourth-order valence-electron chi connectivity index (χ4n) is 2.45. The van der Waals surface area contributed by atoms with Gasteiger partial charge in [-0.15, -0.1) is 0 Å². The van der Waals surface area contributed by atoms with E-state index in [0.717, 1.165) is 43.0 Å². The van der Waals surface area contributed by atoms with Gasteiger partial charge in [0, 0.05) is 42.5 Å². The Morgan fingerprint density at radius 1 is 1.38 bits per heavy atom. The van der Waals surface area contributed by atoms with Crippen molar-refractivity contribution in [2.24, 2.45) is 0 Å². The largest absolute Gasteiger partial charge is 0.365 e. The Bertz CT molecular complexity index is 629. The quantitative estimate of drug-likeness (QED) is 0.822. The number of nitrogens with zero attached hydrogens (tertiary/aromatic N) is 2. The summed E-state index contributed by atoms with van der Waals surface area (Å²) >= 11 is 0. The molecule has 0 spiro atoms. The molecule has 0 aliphatic carbocycles. The molecule has 114 valence electrons. The standard InChI is InChI=1S/C16H24N4O/c1-4-6-17-15(13-11-19-12(3)10-14(13)21)16-18-7-9-20(16)8-5-2/h7,9-11,15,17H,4-6,8H2,1-3H3,(H,19,21). The highest BCUT2D eigenvalue weighted by Crippen LogP contribution is 2.18. The first-order valence-electron chi connectivity index (χ1n) is 7.61. The van der Waals surface area contributed by atoms with Crippen molar-refractivity contribution in [1.29, 1.82) is 0 Å². The van der Waals surface area contributed by atoms with Crippen molar-refractivity contribution in [3.63, 3.8) is 0 Å². The number of nitrogens with one attached hydrogen (secondary N) is 2. The van der Waals surface area contributed by atoms with E-state index in [9.17, 15) is 4.79 Å². The summed E-state index contributed by atoms with van der Waals surface area (Å²) in [6.07, 6.45) is 7.62. The lowest BCUT2D eigenvalue weighted by molar-refractivity contribution is 0.527. The molecular formula is C16H24N4O. The second kappa shape index (κ2) is 7.22. The third-order valence-corrected chi connectivity index (χ3v) is 3.47. The van der Waals surface area contributed by atoms with Gasteiger partial charge in [0.25, 0.3) is 0 Å². The lowest BCUT2D eigenvalue weighted by Gasteiger charge is -2.19. The smallest absolute Gasteiger partial charge is 0.187 e. The maximum atomic E-state index is 12.3. The van der Waals surface area contributed by atoms with E-state index in [1.165, 1.54) is 0 Å². The van der Waals surface area contributed by atoms with Crippen LogP contribution < -0.4 is 10.7 Å². The molecule has 0 aliphatic heterocycles. The molecule has 1 atom stereocenters. The van der Waals surface area contributed by atoms with E-state index >= 15 is 0 Å². The highest BCUT2D eigenvalue weighted by molar-refractivity contribution is 5.24. The summed E-state index contributed by atoms with van der Waals surface area (Å²) in [6.45, 7) is 7.89. The summed E-state index contributed by atoms with van der Waals surface area (Å²) in [5.41, 5.74) is 1.64. The number of H-pyrrole nitrogens is 1. The summed E-state index contributed by atoms with van der Waals surface area (Å²) in [5, 5.41) is 3.44. The van der Waals surface area contributed by atoms with Crippen LogP contribution >= 0.6 is 0 Å². The number of imidazole rings is 1. The Morgan fingerprint density at radius 3 is 2.86 bits per heavy atom. The van der Waals surface area contributed by atoms with E-state index in [2.05, 4.69) is 33.7 Å². The van der Waals surface area contributed by atoms with Gasteiger partial charge in [-0.1, -0.05) is 13.8 Å². The van der Waals surface area contributed by atoms with Crippen LogP contribution in [-0.4, -0.2) is 21.1 Å². The van der Waals surface area contributed by atoms with Gasteiger partial charge < -0.3 is 14.9 Å². The SMILES string of the molecule is CCCNC(c1c[nH]c(C)cc1=O)c1nccn1CCC. The normalized spacial score (nSPS) is 12.5. The summed E-state index contributed by atoms with van der Waals surface area (Å²) < 4.78 is 2.12. The Morgan fingerprint density at radius 2 is 2.19 bits per heavy atom. The van der Waals surface area contributed by atoms with Crippen LogP contribution in [0.5, 0.6) is 0 Å². The zero-order valence-corrected chi connectivity index (χ0v) is 13.0. The summed E-state index contributed by atoms with van der Waals surface area (Å²) in [6, 6.07) is 1.47. The molecule has 0 radical (unpaired) electrons. The third kappa shape index (κ3) is 3.61. The van der Waals surface area contributed by atoms with Crippen molar-refractivity contribution in [1.82, 2.24) is 19.9 Å². The Balaban J connectivity index is 2.42. The van der Waals surface area contributed by atoms with Gasteiger partial charge in [0.15, 0.2) is 5.43 Å². The molecule has 0 fully saturated rings. The molecule has 0 amide bonds. The minimum absolute atomic E-state index is 0.0471. The molecule has 5 heteroatoms. The minimum Gasteiger partial charge on any atom is -0.365 e. The molecule has 2 aromatic rings. The molecule has 1 unspecified atom stereocenters. The van der Waals surface area contributed by atoms with Gasteiger partial charge in [-0.3, -0.25) is 4.79 Å². The van der Waals surface area contributed by atoms with Crippen LogP contribution in [0.25, 0.3) is 0 Å². The first-order chi connectivity index (χ1) is 10.2. The maximum absolute atomic E-state index is 12.3. The van der Waals surface area contributed by atoms with Crippen LogP contribution in [0.4, 0.5) is 0 Å². The first-order valence-corrected chi connectivity index (χ1v) is 7.61. The zero-order valence-electron chi connectivity index (χ0n) is 13.0. The van der Waals surface area contributed by atoms with E-state index in [-0.39, 0.29) is 11.5 Å². The van der Waals surface area contributed by atoms with Crippen LogP contribution in [0.15, 0.2) is 29.5 Å². The Hall–Kier alpha value is -1.88. The van der Waals surface area contributed by atoms with Gasteiger partial charge in [-0.05, 0) is 26.3 Å². The van der Waals surface area contributed by atoms with Crippen molar-refractivity contribution in [3.8, 4) is 0 Å². The fourth-order valence-corrected chi connectivity index (χ4v) is 2.45. The van der Waals surface area contributed by atoms with Crippen LogP contribution in [0.3, 0.4) is 0 Å². The summed E-state index contributed by atoms with van der Waals surface area (Å²) in [7, 11) is 0. The molecule has 21 heavy (non-hydrogen) atoms. The highest BCUT2D eigenvalue weighted by atomic mass is 16.1. The molecule has 0 aromatic carbocycles. The number of aryl methyl sites for hydroxylation is 2. The first kappa shape index (κ1) is 15.5. The van der Waals surface area contributed by atoms with Crippen molar-refractivity contribution in [2.75, 3.05) is 6.54 Å². The van der Waals surface area contributed by atoms with E-state index in [1.54, 1.807) is 18.5 Å². The molecule has 2 N–H and O–H groups in total. The number of hydrogen-bond donors (Lipinski definition) is 2. The Kier molecular flexibility index (Phi) is 5.33. The Labute approximate surface area is 125 Å². The minimum atomic E-state index is -0.171. The average molecular weight is 288 g/mol. The zero-order chi connectivity index (χ0) is 15.2. The number of rotatable bonds is 7. The molecular weight excluding hydrogens is 264 g/mol. The molecule has 0 bridgehead atoms. The molecule has 2 heterocycles. The topological polar surface area (TPSA) is 62.7 Å². The molecule has 2 rings (SSSR count). The predicted octanol–water partition coefficient (Wildman–Crippen LogP) is 2.38. The number of hydrogen-bond acceptors (Lipinski definition) is 3. The predicted molar refractivity (Wildman–Crippen MR) is 84.5 cm³/mol. The summed E-state index contributed by atoms with van der Waals surface area (Å²) in [5.74, 6) is 0.902. The van der Waals surface area contributed by atoms with Gasteiger partial charge in [0.05, 0.1) is 6.04 Å². The van der Waals surface area contributed by atoms with Crippen LogP contribution in [0.2, 0.25) is 0 Å². The van der Waals surface area contributed by atoms with Crippen molar-refractivity contribution >= 4 is 0 Å². The van der Waals surface area contributed by atoms with Crippen molar-refractivity contribution in [3.05, 3.63) is 52.0 Å². The van der Waals surface area contributed by atoms with Gasteiger partial charge in [0.2, 0.25) is 0 Å². The molecule has 0 saturated heterocycles. The third-order valence-electron chi connectivity index (χ3n) is 3.47. The van der Waals surface area contributed by atoms with Gasteiger partial charge in [0.1, 0.15) is 5.82 Å². The number of pyridine rings is 1. The van der Waals surface area contributed by atoms with E-state index < -0.39 is 0 Å². The van der Waals surface area contributed by atoms with Crippen molar-refractivity contribution in [2.45, 2.75) is 46.2 Å². The van der Waals surface area contributed by atoms with Gasteiger partial charge >= 0.3 is 0 Å². The number of aromatic amines is 1. The summed E-state index contributed by atoms with van der Waals surface area (Å²) in [4.78, 5) is 19.9. The molecule has 0 aliphatic rings. The number of aromatic nitrogens is 3. The van der Waals surface area contributed by atoms with Crippen molar-refractivity contribution < 1.29 is 0 Å². The van der Waals surface area contributed by atoms with E-state index in [1.807, 2.05) is 13.1 Å². The second-order valence-electron chi connectivity index (χ2n) is 5.30. The van der Waals surface area contributed by atoms with Gasteiger partial charge in [-0.2, -0.15) is 0 Å². The second-order valence-corrected chi connectivity index (χ2v) is 5.30. The van der Waals surface area contributed by atoms with Crippen LogP contribution in [0, 0.1) is 6.92 Å². The van der Waals surface area contributed by atoms with E-state index in [0.29, 0.717) is 0 Å². The highest BCUT2D eigenvalue weighted by Gasteiger charge is 2.21.